The Hall–Kier alpha value is -0.0500. The minimum atomic E-state index is 0.226. The Morgan fingerprint density at radius 2 is 2.06 bits per heavy atom. The highest BCUT2D eigenvalue weighted by molar-refractivity contribution is 9.10. The summed E-state index contributed by atoms with van der Waals surface area (Å²) >= 11 is 9.72. The summed E-state index contributed by atoms with van der Waals surface area (Å²) in [4.78, 5) is 0. The van der Waals surface area contributed by atoms with E-state index in [-0.39, 0.29) is 6.04 Å². The highest BCUT2D eigenvalue weighted by Crippen LogP contribution is 2.44. The molecule has 1 nitrogen and oxygen atoms in total. The van der Waals surface area contributed by atoms with E-state index in [1.54, 1.807) is 0 Å². The van der Waals surface area contributed by atoms with Crippen LogP contribution in [0.3, 0.4) is 0 Å². The van der Waals surface area contributed by atoms with Crippen molar-refractivity contribution in [3.63, 3.8) is 0 Å². The van der Waals surface area contributed by atoms with E-state index < -0.39 is 0 Å². The maximum Gasteiger partial charge on any atom is 0.0449 e. The second-order valence-electron chi connectivity index (χ2n) is 5.47. The van der Waals surface area contributed by atoms with Crippen molar-refractivity contribution in [3.8, 4) is 0 Å². The number of hydrogen-bond acceptors (Lipinski definition) is 1. The summed E-state index contributed by atoms with van der Waals surface area (Å²) in [5.41, 5.74) is 8.01. The molecule has 3 heteroatoms. The average molecular weight is 331 g/mol. The highest BCUT2D eigenvalue weighted by Gasteiger charge is 2.37. The van der Waals surface area contributed by atoms with Gasteiger partial charge in [-0.25, -0.2) is 0 Å². The molecule has 1 aromatic carbocycles. The van der Waals surface area contributed by atoms with Gasteiger partial charge in [-0.15, -0.1) is 0 Å². The van der Waals surface area contributed by atoms with Crippen LogP contribution in [0, 0.1) is 5.41 Å². The lowest BCUT2D eigenvalue weighted by molar-refractivity contribution is 0.219. The van der Waals surface area contributed by atoms with Crippen LogP contribution in [0.15, 0.2) is 22.7 Å². The summed E-state index contributed by atoms with van der Waals surface area (Å²) in [6.07, 6.45) is 7.28. The van der Waals surface area contributed by atoms with E-state index >= 15 is 0 Å². The molecule has 0 aliphatic heterocycles. The smallest absolute Gasteiger partial charge is 0.0449 e. The van der Waals surface area contributed by atoms with Crippen molar-refractivity contribution in [1.82, 2.24) is 0 Å². The molecule has 0 aromatic heterocycles. The third-order valence-electron chi connectivity index (χ3n) is 4.54. The van der Waals surface area contributed by atoms with E-state index in [4.69, 9.17) is 17.3 Å². The number of nitrogens with two attached hydrogens (primary N) is 1. The lowest BCUT2D eigenvalue weighted by Crippen LogP contribution is -2.41. The minimum absolute atomic E-state index is 0.226. The first-order valence-corrected chi connectivity index (χ1v) is 7.94. The largest absolute Gasteiger partial charge is 0.327 e. The molecule has 18 heavy (non-hydrogen) atoms. The first kappa shape index (κ1) is 14.4. The topological polar surface area (TPSA) is 26.0 Å². The van der Waals surface area contributed by atoms with E-state index in [1.807, 2.05) is 12.1 Å². The first-order chi connectivity index (χ1) is 8.57. The third kappa shape index (κ3) is 2.92. The molecule has 1 unspecified atom stereocenters. The Balaban J connectivity index is 2.12. The van der Waals surface area contributed by atoms with Crippen LogP contribution in [0.4, 0.5) is 0 Å². The number of hydrogen-bond donors (Lipinski definition) is 1. The van der Waals surface area contributed by atoms with Gasteiger partial charge in [0.1, 0.15) is 0 Å². The second-order valence-corrected chi connectivity index (χ2v) is 6.79. The Kier molecular flexibility index (Phi) is 4.74. The summed E-state index contributed by atoms with van der Waals surface area (Å²) in [6, 6.07) is 6.31. The SMILES string of the molecule is CCC1(C(N)Cc2ccc(Br)cc2Cl)CCCC1. The molecule has 1 aliphatic rings. The van der Waals surface area contributed by atoms with Crippen molar-refractivity contribution in [2.75, 3.05) is 0 Å². The minimum Gasteiger partial charge on any atom is -0.327 e. The van der Waals surface area contributed by atoms with Crippen LogP contribution in [0.2, 0.25) is 5.02 Å². The summed E-state index contributed by atoms with van der Waals surface area (Å²) in [7, 11) is 0. The van der Waals surface area contributed by atoms with Crippen LogP contribution < -0.4 is 5.73 Å². The van der Waals surface area contributed by atoms with Gasteiger partial charge in [-0.2, -0.15) is 0 Å². The van der Waals surface area contributed by atoms with E-state index in [1.165, 1.54) is 37.7 Å². The Morgan fingerprint density at radius 1 is 1.39 bits per heavy atom. The molecule has 0 saturated heterocycles. The predicted molar refractivity (Wildman–Crippen MR) is 82.0 cm³/mol. The lowest BCUT2D eigenvalue weighted by atomic mass is 9.74. The molecule has 100 valence electrons. The van der Waals surface area contributed by atoms with Gasteiger partial charge in [0.25, 0.3) is 0 Å². The molecule has 1 fully saturated rings. The van der Waals surface area contributed by atoms with E-state index in [9.17, 15) is 0 Å². The molecule has 0 bridgehead atoms. The molecule has 1 aromatic rings. The molecule has 0 radical (unpaired) electrons. The summed E-state index contributed by atoms with van der Waals surface area (Å²) in [6.45, 7) is 2.27. The fourth-order valence-electron chi connectivity index (χ4n) is 3.21. The molecule has 1 aliphatic carbocycles. The Morgan fingerprint density at radius 3 is 2.61 bits per heavy atom. The molecule has 2 rings (SSSR count). The first-order valence-electron chi connectivity index (χ1n) is 6.77. The molecule has 0 amide bonds. The van der Waals surface area contributed by atoms with Crippen molar-refractivity contribution in [2.45, 2.75) is 51.5 Å². The van der Waals surface area contributed by atoms with Crippen LogP contribution in [0.25, 0.3) is 0 Å². The lowest BCUT2D eigenvalue weighted by Gasteiger charge is -2.34. The summed E-state index contributed by atoms with van der Waals surface area (Å²) in [5.74, 6) is 0. The summed E-state index contributed by atoms with van der Waals surface area (Å²) in [5, 5.41) is 0.823. The van der Waals surface area contributed by atoms with Gasteiger partial charge in [-0.1, -0.05) is 53.4 Å². The monoisotopic (exact) mass is 329 g/mol. The van der Waals surface area contributed by atoms with Gasteiger partial charge in [0, 0.05) is 15.5 Å². The molecule has 0 heterocycles. The van der Waals surface area contributed by atoms with Crippen molar-refractivity contribution in [2.24, 2.45) is 11.1 Å². The zero-order valence-corrected chi connectivity index (χ0v) is 13.2. The van der Waals surface area contributed by atoms with Gasteiger partial charge in [-0.3, -0.25) is 0 Å². The second kappa shape index (κ2) is 5.94. The van der Waals surface area contributed by atoms with E-state index in [0.29, 0.717) is 5.41 Å². The number of halogens is 2. The molecule has 0 spiro atoms. The highest BCUT2D eigenvalue weighted by atomic mass is 79.9. The Bertz CT molecular complexity index is 413. The van der Waals surface area contributed by atoms with Gasteiger partial charge in [0.15, 0.2) is 0 Å². The van der Waals surface area contributed by atoms with Gasteiger partial charge in [-0.05, 0) is 48.8 Å². The quantitative estimate of drug-likeness (QED) is 0.831. The van der Waals surface area contributed by atoms with Crippen LogP contribution in [-0.2, 0) is 6.42 Å². The van der Waals surface area contributed by atoms with E-state index in [0.717, 1.165) is 15.9 Å². The predicted octanol–water partition coefficient (Wildman–Crippen LogP) is 4.94. The average Bonchev–Trinajstić information content (AvgIpc) is 2.82. The van der Waals surface area contributed by atoms with E-state index in [2.05, 4.69) is 28.9 Å². The van der Waals surface area contributed by atoms with Gasteiger partial charge in [0.2, 0.25) is 0 Å². The van der Waals surface area contributed by atoms with Crippen LogP contribution in [0.1, 0.15) is 44.6 Å². The zero-order valence-electron chi connectivity index (χ0n) is 10.9. The van der Waals surface area contributed by atoms with Crippen molar-refractivity contribution >= 4 is 27.5 Å². The molecule has 1 saturated carbocycles. The zero-order chi connectivity index (χ0) is 13.2. The number of rotatable bonds is 4. The molecule has 2 N–H and O–H groups in total. The van der Waals surface area contributed by atoms with Crippen LogP contribution in [0.5, 0.6) is 0 Å². The van der Waals surface area contributed by atoms with Gasteiger partial charge >= 0.3 is 0 Å². The van der Waals surface area contributed by atoms with Crippen molar-refractivity contribution in [3.05, 3.63) is 33.3 Å². The fraction of sp³-hybridized carbons (Fsp3) is 0.600. The molecule has 1 atom stereocenters. The normalized spacial score (nSPS) is 20.0. The Labute approximate surface area is 123 Å². The van der Waals surface area contributed by atoms with Gasteiger partial charge < -0.3 is 5.73 Å². The third-order valence-corrected chi connectivity index (χ3v) is 5.39. The van der Waals surface area contributed by atoms with Crippen LogP contribution in [-0.4, -0.2) is 6.04 Å². The number of benzene rings is 1. The van der Waals surface area contributed by atoms with Crippen molar-refractivity contribution in [1.29, 1.82) is 0 Å². The maximum absolute atomic E-state index is 6.49. The van der Waals surface area contributed by atoms with Gasteiger partial charge in [0.05, 0.1) is 0 Å². The summed E-state index contributed by atoms with van der Waals surface area (Å²) < 4.78 is 1.02. The fourth-order valence-corrected chi connectivity index (χ4v) is 3.96. The maximum atomic E-state index is 6.49. The molecular formula is C15H21BrClN. The van der Waals surface area contributed by atoms with Crippen LogP contribution >= 0.6 is 27.5 Å². The standard InChI is InChI=1S/C15H21BrClN/c1-2-15(7-3-4-8-15)14(18)9-11-5-6-12(16)10-13(11)17/h5-6,10,14H,2-4,7-9,18H2,1H3. The van der Waals surface area contributed by atoms with Crippen molar-refractivity contribution < 1.29 is 0 Å². The molecular weight excluding hydrogens is 310 g/mol.